The van der Waals surface area contributed by atoms with Crippen molar-refractivity contribution >= 4 is 65.4 Å². The molecule has 5 nitrogen and oxygen atoms in total. The molecule has 0 radical (unpaired) electrons. The van der Waals surface area contributed by atoms with Crippen molar-refractivity contribution in [1.29, 1.82) is 0 Å². The van der Waals surface area contributed by atoms with Gasteiger partial charge in [-0.3, -0.25) is 0 Å². The third kappa shape index (κ3) is 3.97. The lowest BCUT2D eigenvalue weighted by Crippen LogP contribution is -2.10. The Morgan fingerprint density at radius 3 is 1.00 bits per heavy atom. The fourth-order valence-corrected chi connectivity index (χ4v) is 8.31. The molecule has 0 aliphatic carbocycles. The second kappa shape index (κ2) is 10.8. The summed E-state index contributed by atoms with van der Waals surface area (Å²) in [5, 5.41) is 16.3. The fourth-order valence-electron chi connectivity index (χ4n) is 8.31. The lowest BCUT2D eigenvalue weighted by molar-refractivity contribution is 1.03. The van der Waals surface area contributed by atoms with Crippen LogP contribution in [0.3, 0.4) is 0 Å². The standard InChI is InChI=1S/C46H29N5/c1-7-21-38-31(14-1)32-15-2-8-22-39(32)49(38)44-28-30(37-20-13-27-47-48-37)29-45(50-40-23-9-3-16-33(40)34-17-4-10-24-41(34)50)46(44)51-42-25-11-5-18-35(42)36-19-6-12-26-43(36)51/h1-29H. The lowest BCUT2D eigenvalue weighted by Gasteiger charge is -2.23. The van der Waals surface area contributed by atoms with Gasteiger partial charge < -0.3 is 13.7 Å². The topological polar surface area (TPSA) is 40.6 Å². The molecule has 0 unspecified atom stereocenters. The number of hydrogen-bond donors (Lipinski definition) is 0. The quantitative estimate of drug-likeness (QED) is 0.190. The number of benzene rings is 7. The molecule has 51 heavy (non-hydrogen) atoms. The van der Waals surface area contributed by atoms with Gasteiger partial charge in [-0.05, 0) is 60.7 Å². The molecule has 0 saturated carbocycles. The summed E-state index contributed by atoms with van der Waals surface area (Å²) < 4.78 is 7.37. The van der Waals surface area contributed by atoms with Crippen molar-refractivity contribution in [2.75, 3.05) is 0 Å². The molecule has 7 aromatic carbocycles. The highest BCUT2D eigenvalue weighted by Gasteiger charge is 2.26. The van der Waals surface area contributed by atoms with E-state index in [1.807, 2.05) is 12.1 Å². The Bertz CT molecular complexity index is 2850. The monoisotopic (exact) mass is 651 g/mol. The first-order valence-corrected chi connectivity index (χ1v) is 17.3. The van der Waals surface area contributed by atoms with Crippen LogP contribution in [0.25, 0.3) is 93.7 Å². The maximum Gasteiger partial charge on any atom is 0.0947 e. The first kappa shape index (κ1) is 27.9. The number of fused-ring (bicyclic) bond motifs is 9. The number of para-hydroxylation sites is 6. The van der Waals surface area contributed by atoms with E-state index in [9.17, 15) is 0 Å². The van der Waals surface area contributed by atoms with Gasteiger partial charge in [-0.1, -0.05) is 109 Å². The van der Waals surface area contributed by atoms with Crippen LogP contribution >= 0.6 is 0 Å². The zero-order chi connectivity index (χ0) is 33.5. The van der Waals surface area contributed by atoms with E-state index in [4.69, 9.17) is 0 Å². The Morgan fingerprint density at radius 1 is 0.333 bits per heavy atom. The average Bonchev–Trinajstić information content (AvgIpc) is 3.84. The van der Waals surface area contributed by atoms with E-state index >= 15 is 0 Å². The zero-order valence-corrected chi connectivity index (χ0v) is 27.5. The number of aromatic nitrogens is 5. The van der Waals surface area contributed by atoms with Crippen LogP contribution in [0.1, 0.15) is 0 Å². The summed E-state index contributed by atoms with van der Waals surface area (Å²) in [5.41, 5.74) is 11.9. The lowest BCUT2D eigenvalue weighted by atomic mass is 10.1. The van der Waals surface area contributed by atoms with E-state index in [1.54, 1.807) is 6.20 Å². The largest absolute Gasteiger partial charge is 0.307 e. The molecule has 0 atom stereocenters. The van der Waals surface area contributed by atoms with Crippen molar-refractivity contribution in [2.24, 2.45) is 0 Å². The number of rotatable bonds is 4. The third-order valence-electron chi connectivity index (χ3n) is 10.4. The predicted octanol–water partition coefficient (Wildman–Crippen LogP) is 11.4. The summed E-state index contributed by atoms with van der Waals surface area (Å²) in [6, 6.07) is 61.1. The summed E-state index contributed by atoms with van der Waals surface area (Å²) >= 11 is 0. The Labute approximate surface area is 292 Å². The maximum atomic E-state index is 4.66. The molecule has 0 spiro atoms. The van der Waals surface area contributed by atoms with Crippen molar-refractivity contribution in [1.82, 2.24) is 23.9 Å². The molecule has 238 valence electrons. The Balaban J connectivity index is 1.43. The van der Waals surface area contributed by atoms with Crippen LogP contribution in [-0.4, -0.2) is 23.9 Å². The Morgan fingerprint density at radius 2 is 0.667 bits per heavy atom. The summed E-state index contributed by atoms with van der Waals surface area (Å²) in [4.78, 5) is 0. The molecule has 0 N–H and O–H groups in total. The smallest absolute Gasteiger partial charge is 0.0947 e. The van der Waals surface area contributed by atoms with E-state index in [-0.39, 0.29) is 0 Å². The Hall–Kier alpha value is -6.98. The van der Waals surface area contributed by atoms with Gasteiger partial charge in [0.05, 0.1) is 55.9 Å². The van der Waals surface area contributed by atoms with Crippen LogP contribution in [0.4, 0.5) is 0 Å². The van der Waals surface area contributed by atoms with Crippen LogP contribution in [0.15, 0.2) is 176 Å². The second-order valence-electron chi connectivity index (χ2n) is 13.1. The molecular formula is C46H29N5. The van der Waals surface area contributed by atoms with Crippen LogP contribution in [0.2, 0.25) is 0 Å². The van der Waals surface area contributed by atoms with Gasteiger partial charge in [0.2, 0.25) is 0 Å². The minimum Gasteiger partial charge on any atom is -0.307 e. The molecule has 4 aromatic heterocycles. The normalized spacial score (nSPS) is 11.9. The molecule has 0 fully saturated rings. The average molecular weight is 652 g/mol. The summed E-state index contributed by atoms with van der Waals surface area (Å²) in [6.07, 6.45) is 1.73. The molecule has 11 aromatic rings. The van der Waals surface area contributed by atoms with E-state index in [2.05, 4.69) is 182 Å². The van der Waals surface area contributed by atoms with Gasteiger partial charge in [0.25, 0.3) is 0 Å². The first-order valence-electron chi connectivity index (χ1n) is 17.3. The molecular weight excluding hydrogens is 623 g/mol. The summed E-state index contributed by atoms with van der Waals surface area (Å²) in [7, 11) is 0. The van der Waals surface area contributed by atoms with Gasteiger partial charge in [-0.25, -0.2) is 0 Å². The van der Waals surface area contributed by atoms with Crippen molar-refractivity contribution in [3.63, 3.8) is 0 Å². The van der Waals surface area contributed by atoms with Crippen molar-refractivity contribution in [3.05, 3.63) is 176 Å². The molecule has 5 heteroatoms. The molecule has 4 heterocycles. The van der Waals surface area contributed by atoms with Crippen molar-refractivity contribution in [2.45, 2.75) is 0 Å². The summed E-state index contributed by atoms with van der Waals surface area (Å²) in [6.45, 7) is 0. The minimum atomic E-state index is 0.815. The maximum absolute atomic E-state index is 4.66. The highest BCUT2D eigenvalue weighted by molar-refractivity contribution is 6.13. The van der Waals surface area contributed by atoms with Crippen molar-refractivity contribution in [3.8, 4) is 28.3 Å². The molecule has 0 saturated heterocycles. The molecule has 0 aliphatic heterocycles. The molecule has 0 aliphatic rings. The third-order valence-corrected chi connectivity index (χ3v) is 10.4. The van der Waals surface area contributed by atoms with Gasteiger partial charge in [-0.2, -0.15) is 10.2 Å². The van der Waals surface area contributed by atoms with Crippen LogP contribution in [0, 0.1) is 0 Å². The number of hydrogen-bond acceptors (Lipinski definition) is 2. The van der Waals surface area contributed by atoms with Gasteiger partial charge in [0, 0.05) is 44.1 Å². The second-order valence-corrected chi connectivity index (χ2v) is 13.1. The highest BCUT2D eigenvalue weighted by atomic mass is 15.1. The van der Waals surface area contributed by atoms with Crippen LogP contribution < -0.4 is 0 Å². The molecule has 0 amide bonds. The van der Waals surface area contributed by atoms with Gasteiger partial charge in [0.1, 0.15) is 0 Å². The fraction of sp³-hybridized carbons (Fsp3) is 0. The first-order chi connectivity index (χ1) is 25.3. The van der Waals surface area contributed by atoms with Crippen LogP contribution in [-0.2, 0) is 0 Å². The van der Waals surface area contributed by atoms with E-state index in [0.29, 0.717) is 0 Å². The zero-order valence-electron chi connectivity index (χ0n) is 27.5. The highest BCUT2D eigenvalue weighted by Crippen LogP contribution is 2.44. The van der Waals surface area contributed by atoms with E-state index < -0.39 is 0 Å². The van der Waals surface area contributed by atoms with Gasteiger partial charge in [0.15, 0.2) is 0 Å². The predicted molar refractivity (Wildman–Crippen MR) is 210 cm³/mol. The molecule has 11 rings (SSSR count). The number of nitrogens with zero attached hydrogens (tertiary/aromatic N) is 5. The van der Waals surface area contributed by atoms with Gasteiger partial charge >= 0.3 is 0 Å². The van der Waals surface area contributed by atoms with Crippen LogP contribution in [0.5, 0.6) is 0 Å². The minimum absolute atomic E-state index is 0.815. The van der Waals surface area contributed by atoms with E-state index in [0.717, 1.165) is 61.4 Å². The van der Waals surface area contributed by atoms with E-state index in [1.165, 1.54) is 32.3 Å². The SMILES string of the molecule is c1cnnc(-c2cc(-n3c4ccccc4c4ccccc43)c(-n3c4ccccc4c4ccccc43)c(-n3c4ccccc4c4ccccc43)c2)c1. The van der Waals surface area contributed by atoms with Crippen molar-refractivity contribution < 1.29 is 0 Å². The molecule has 0 bridgehead atoms. The van der Waals surface area contributed by atoms with Gasteiger partial charge in [-0.15, -0.1) is 0 Å². The summed E-state index contributed by atoms with van der Waals surface area (Å²) in [5.74, 6) is 0. The Kier molecular flexibility index (Phi) is 5.89.